The predicted octanol–water partition coefficient (Wildman–Crippen LogP) is 5.50. The number of nitrogens with one attached hydrogen (secondary N) is 3. The van der Waals surface area contributed by atoms with Gasteiger partial charge in [0.2, 0.25) is 5.91 Å². The lowest BCUT2D eigenvalue weighted by Crippen LogP contribution is -2.31. The molecule has 6 nitrogen and oxygen atoms in total. The first kappa shape index (κ1) is 22.9. The largest absolute Gasteiger partial charge is 0.345 e. The Morgan fingerprint density at radius 2 is 1.29 bits per heavy atom. The van der Waals surface area contributed by atoms with Crippen molar-refractivity contribution >= 4 is 40.4 Å². The van der Waals surface area contributed by atoms with Crippen molar-refractivity contribution in [3.05, 3.63) is 118 Å². The Hall–Kier alpha value is -4.23. The number of carbonyl (C=O) groups excluding carboxylic acids is 3. The third-order valence-corrected chi connectivity index (χ3v) is 5.97. The maximum absolute atomic E-state index is 12.8. The van der Waals surface area contributed by atoms with Crippen LogP contribution < -0.4 is 16.0 Å². The summed E-state index contributed by atoms with van der Waals surface area (Å²) in [6, 6.07) is 28.3. The smallest absolute Gasteiger partial charge is 0.265 e. The van der Waals surface area contributed by atoms with Gasteiger partial charge in [0, 0.05) is 16.9 Å². The van der Waals surface area contributed by atoms with Gasteiger partial charge < -0.3 is 16.0 Å². The third kappa shape index (κ3) is 6.17. The minimum atomic E-state index is -0.488. The summed E-state index contributed by atoms with van der Waals surface area (Å²) in [5.74, 6) is -0.655. The van der Waals surface area contributed by atoms with E-state index in [0.717, 1.165) is 5.56 Å². The second-order valence-electron chi connectivity index (χ2n) is 7.56. The molecule has 1 atom stereocenters. The monoisotopic (exact) mass is 469 g/mol. The van der Waals surface area contributed by atoms with Gasteiger partial charge in [-0.1, -0.05) is 54.6 Å². The number of anilines is 2. The maximum atomic E-state index is 12.8. The van der Waals surface area contributed by atoms with Crippen LogP contribution in [0.5, 0.6) is 0 Å². The van der Waals surface area contributed by atoms with Crippen LogP contribution in [0.2, 0.25) is 0 Å². The molecular formula is C27H23N3O3S. The number of rotatable bonds is 8. The lowest BCUT2D eigenvalue weighted by atomic mass is 10.0. The molecule has 1 unspecified atom stereocenters. The van der Waals surface area contributed by atoms with Gasteiger partial charge >= 0.3 is 0 Å². The molecule has 0 aliphatic carbocycles. The molecule has 1 aromatic heterocycles. The van der Waals surface area contributed by atoms with Crippen LogP contribution in [-0.2, 0) is 4.79 Å². The lowest BCUT2D eigenvalue weighted by molar-refractivity contribution is -0.116. The van der Waals surface area contributed by atoms with Gasteiger partial charge in [-0.05, 0) is 53.4 Å². The molecular weight excluding hydrogens is 446 g/mol. The maximum Gasteiger partial charge on any atom is 0.265 e. The summed E-state index contributed by atoms with van der Waals surface area (Å²) < 4.78 is 0. The van der Waals surface area contributed by atoms with Gasteiger partial charge in [-0.25, -0.2) is 0 Å². The van der Waals surface area contributed by atoms with E-state index in [1.165, 1.54) is 11.3 Å². The molecule has 0 saturated heterocycles. The molecule has 34 heavy (non-hydrogen) atoms. The van der Waals surface area contributed by atoms with Crippen LogP contribution in [0.3, 0.4) is 0 Å². The van der Waals surface area contributed by atoms with Crippen LogP contribution in [0.15, 0.2) is 102 Å². The van der Waals surface area contributed by atoms with Gasteiger partial charge in [0.25, 0.3) is 11.8 Å². The van der Waals surface area contributed by atoms with Crippen molar-refractivity contribution in [3.8, 4) is 0 Å². The Morgan fingerprint density at radius 3 is 1.91 bits per heavy atom. The molecule has 3 aromatic carbocycles. The Labute approximate surface area is 201 Å². The van der Waals surface area contributed by atoms with Crippen molar-refractivity contribution in [2.75, 3.05) is 10.6 Å². The Morgan fingerprint density at radius 1 is 0.676 bits per heavy atom. The third-order valence-electron chi connectivity index (χ3n) is 5.10. The Balaban J connectivity index is 1.39. The second-order valence-corrected chi connectivity index (χ2v) is 8.51. The van der Waals surface area contributed by atoms with E-state index >= 15 is 0 Å². The molecule has 3 amide bonds. The zero-order valence-corrected chi connectivity index (χ0v) is 19.0. The van der Waals surface area contributed by atoms with Crippen LogP contribution in [0, 0.1) is 0 Å². The van der Waals surface area contributed by atoms with Crippen LogP contribution in [0.1, 0.15) is 38.1 Å². The molecule has 1 heterocycles. The fourth-order valence-corrected chi connectivity index (χ4v) is 4.02. The van der Waals surface area contributed by atoms with E-state index in [0.29, 0.717) is 21.8 Å². The summed E-state index contributed by atoms with van der Waals surface area (Å²) in [5, 5.41) is 10.5. The predicted molar refractivity (Wildman–Crippen MR) is 135 cm³/mol. The number of carbonyl (C=O) groups is 3. The van der Waals surface area contributed by atoms with E-state index in [1.54, 1.807) is 54.6 Å². The SMILES string of the molecule is O=C(CC(NC(=O)c1ccccc1)c1ccccc1)Nc1ccc(NC(=O)c2cccs2)cc1. The van der Waals surface area contributed by atoms with Gasteiger partial charge in [-0.3, -0.25) is 14.4 Å². The van der Waals surface area contributed by atoms with Gasteiger partial charge in [0.1, 0.15) is 0 Å². The Bertz CT molecular complexity index is 1240. The zero-order chi connectivity index (χ0) is 23.8. The molecule has 3 N–H and O–H groups in total. The molecule has 0 bridgehead atoms. The van der Waals surface area contributed by atoms with Gasteiger partial charge in [0.15, 0.2) is 0 Å². The number of amides is 3. The van der Waals surface area contributed by atoms with Crippen molar-refractivity contribution in [1.29, 1.82) is 0 Å². The first-order valence-electron chi connectivity index (χ1n) is 10.7. The first-order chi connectivity index (χ1) is 16.6. The Kier molecular flexibility index (Phi) is 7.47. The quantitative estimate of drug-likeness (QED) is 0.318. The highest BCUT2D eigenvalue weighted by molar-refractivity contribution is 7.12. The fraction of sp³-hybridized carbons (Fsp3) is 0.0741. The molecule has 0 fully saturated rings. The molecule has 0 saturated carbocycles. The molecule has 7 heteroatoms. The lowest BCUT2D eigenvalue weighted by Gasteiger charge is -2.19. The number of hydrogen-bond acceptors (Lipinski definition) is 4. The van der Waals surface area contributed by atoms with Crippen LogP contribution in [0.25, 0.3) is 0 Å². The first-order valence-corrected chi connectivity index (χ1v) is 11.6. The molecule has 0 aliphatic heterocycles. The highest BCUT2D eigenvalue weighted by atomic mass is 32.1. The van der Waals surface area contributed by atoms with Crippen molar-refractivity contribution in [2.45, 2.75) is 12.5 Å². The highest BCUT2D eigenvalue weighted by Gasteiger charge is 2.19. The van der Waals surface area contributed by atoms with Crippen LogP contribution in [0.4, 0.5) is 11.4 Å². The standard InChI is InChI=1S/C27H23N3O3S/c31-25(28-21-13-15-22(16-14-21)29-27(33)24-12-7-17-34-24)18-23(19-8-3-1-4-9-19)30-26(32)20-10-5-2-6-11-20/h1-17,23H,18H2,(H,28,31)(H,29,33)(H,30,32). The zero-order valence-electron chi connectivity index (χ0n) is 18.2. The average molecular weight is 470 g/mol. The van der Waals surface area contributed by atoms with E-state index in [-0.39, 0.29) is 24.1 Å². The van der Waals surface area contributed by atoms with E-state index < -0.39 is 6.04 Å². The number of thiophene rings is 1. The van der Waals surface area contributed by atoms with E-state index in [1.807, 2.05) is 47.8 Å². The normalized spacial score (nSPS) is 11.3. The van der Waals surface area contributed by atoms with E-state index in [2.05, 4.69) is 16.0 Å². The van der Waals surface area contributed by atoms with Crippen molar-refractivity contribution in [2.24, 2.45) is 0 Å². The molecule has 4 rings (SSSR count). The topological polar surface area (TPSA) is 87.3 Å². The number of hydrogen-bond donors (Lipinski definition) is 3. The molecule has 4 aromatic rings. The minimum absolute atomic E-state index is 0.0689. The fourth-order valence-electron chi connectivity index (χ4n) is 3.40. The highest BCUT2D eigenvalue weighted by Crippen LogP contribution is 2.20. The van der Waals surface area contributed by atoms with Crippen LogP contribution >= 0.6 is 11.3 Å². The van der Waals surface area contributed by atoms with Crippen molar-refractivity contribution < 1.29 is 14.4 Å². The summed E-state index contributed by atoms with van der Waals surface area (Å²) in [6.07, 6.45) is 0.0689. The van der Waals surface area contributed by atoms with Gasteiger partial charge in [-0.2, -0.15) is 0 Å². The number of benzene rings is 3. The van der Waals surface area contributed by atoms with Crippen molar-refractivity contribution in [1.82, 2.24) is 5.32 Å². The molecule has 170 valence electrons. The summed E-state index contributed by atoms with van der Waals surface area (Å²) in [4.78, 5) is 38.3. The second kappa shape index (κ2) is 11.1. The molecule has 0 aliphatic rings. The summed E-state index contributed by atoms with van der Waals surface area (Å²) in [6.45, 7) is 0. The van der Waals surface area contributed by atoms with Gasteiger partial charge in [0.05, 0.1) is 17.3 Å². The summed E-state index contributed by atoms with van der Waals surface area (Å²) in [7, 11) is 0. The molecule has 0 radical (unpaired) electrons. The summed E-state index contributed by atoms with van der Waals surface area (Å²) >= 11 is 1.37. The molecule has 0 spiro atoms. The minimum Gasteiger partial charge on any atom is -0.345 e. The van der Waals surface area contributed by atoms with Crippen molar-refractivity contribution in [3.63, 3.8) is 0 Å². The van der Waals surface area contributed by atoms with E-state index in [4.69, 9.17) is 0 Å². The van der Waals surface area contributed by atoms with Gasteiger partial charge in [-0.15, -0.1) is 11.3 Å². The summed E-state index contributed by atoms with van der Waals surface area (Å²) in [5.41, 5.74) is 2.60. The van der Waals surface area contributed by atoms with Crippen LogP contribution in [-0.4, -0.2) is 17.7 Å². The average Bonchev–Trinajstić information content (AvgIpc) is 3.41. The van der Waals surface area contributed by atoms with E-state index in [9.17, 15) is 14.4 Å².